The number of hydrogen-bond donors (Lipinski definition) is 1. The number of nitrogens with zero attached hydrogens (tertiary/aromatic N) is 1. The Labute approximate surface area is 115 Å². The molecule has 0 atom stereocenters. The number of rotatable bonds is 7. The van der Waals surface area contributed by atoms with Crippen molar-refractivity contribution in [3.05, 3.63) is 33.1 Å². The molecule has 0 saturated carbocycles. The first-order valence-electron chi connectivity index (χ1n) is 5.87. The fourth-order valence-electron chi connectivity index (χ4n) is 1.41. The molecule has 0 saturated heterocycles. The summed E-state index contributed by atoms with van der Waals surface area (Å²) < 4.78 is 18.5. The Morgan fingerprint density at radius 1 is 1.53 bits per heavy atom. The van der Waals surface area contributed by atoms with Crippen LogP contribution in [0.1, 0.15) is 13.8 Å². The molecule has 0 radical (unpaired) electrons. The maximum Gasteiger partial charge on any atom is 0.295 e. The third-order valence-corrected chi connectivity index (χ3v) is 2.54. The molecule has 0 spiro atoms. The van der Waals surface area contributed by atoms with Crippen LogP contribution in [-0.4, -0.2) is 24.7 Å². The molecule has 0 aliphatic carbocycles. The quantitative estimate of drug-likeness (QED) is 0.474. The lowest BCUT2D eigenvalue weighted by atomic mass is 10.2. The lowest BCUT2D eigenvalue weighted by Crippen LogP contribution is -2.13. The first kappa shape index (κ1) is 15.7. The fourth-order valence-corrected chi connectivity index (χ4v) is 1.57. The number of hydrogen-bond acceptors (Lipinski definition) is 4. The van der Waals surface area contributed by atoms with Crippen molar-refractivity contribution in [3.8, 4) is 0 Å². The topological polar surface area (TPSA) is 64.4 Å². The van der Waals surface area contributed by atoms with Crippen molar-refractivity contribution in [1.29, 1.82) is 0 Å². The zero-order valence-corrected chi connectivity index (χ0v) is 11.5. The third kappa shape index (κ3) is 5.00. The Morgan fingerprint density at radius 3 is 2.79 bits per heavy atom. The smallest absolute Gasteiger partial charge is 0.295 e. The van der Waals surface area contributed by atoms with Crippen LogP contribution in [0, 0.1) is 21.8 Å². The number of ether oxygens (including phenoxy) is 1. The minimum atomic E-state index is -0.810. The van der Waals surface area contributed by atoms with Gasteiger partial charge in [0, 0.05) is 13.2 Å². The standard InChI is InChI=1S/C12H16ClFN2O3/c1-8(2)7-19-4-3-15-11-5-9(13)10(14)6-12(11)16(17)18/h5-6,8,15H,3-4,7H2,1-2H3. The number of benzene rings is 1. The van der Waals surface area contributed by atoms with Gasteiger partial charge in [0.05, 0.1) is 22.6 Å². The van der Waals surface area contributed by atoms with Gasteiger partial charge in [-0.25, -0.2) is 4.39 Å². The zero-order valence-electron chi connectivity index (χ0n) is 10.8. The fraction of sp³-hybridized carbons (Fsp3) is 0.500. The van der Waals surface area contributed by atoms with Crippen LogP contribution in [0.25, 0.3) is 0 Å². The van der Waals surface area contributed by atoms with Gasteiger partial charge in [0.25, 0.3) is 5.69 Å². The van der Waals surface area contributed by atoms with E-state index < -0.39 is 10.7 Å². The predicted molar refractivity (Wildman–Crippen MR) is 72.2 cm³/mol. The summed E-state index contributed by atoms with van der Waals surface area (Å²) in [6.45, 7) is 5.46. The molecule has 7 heteroatoms. The highest BCUT2D eigenvalue weighted by atomic mass is 35.5. The normalized spacial score (nSPS) is 10.8. The van der Waals surface area contributed by atoms with E-state index in [0.717, 1.165) is 6.07 Å². The number of nitrogens with one attached hydrogen (secondary N) is 1. The molecule has 1 N–H and O–H groups in total. The van der Waals surface area contributed by atoms with E-state index in [2.05, 4.69) is 5.32 Å². The molecule has 0 amide bonds. The Bertz CT molecular complexity index is 455. The Hall–Kier alpha value is -1.40. The second kappa shape index (κ2) is 7.25. The summed E-state index contributed by atoms with van der Waals surface area (Å²) in [6.07, 6.45) is 0. The summed E-state index contributed by atoms with van der Waals surface area (Å²) in [7, 11) is 0. The summed E-state index contributed by atoms with van der Waals surface area (Å²) in [5.41, 5.74) is -0.157. The molecule has 0 bridgehead atoms. The zero-order chi connectivity index (χ0) is 14.4. The molecule has 0 heterocycles. The summed E-state index contributed by atoms with van der Waals surface area (Å²) >= 11 is 5.60. The van der Waals surface area contributed by atoms with Gasteiger partial charge in [0.1, 0.15) is 11.5 Å². The summed E-state index contributed by atoms with van der Waals surface area (Å²) in [6, 6.07) is 2.01. The average molecular weight is 291 g/mol. The largest absolute Gasteiger partial charge is 0.379 e. The second-order valence-corrected chi connectivity index (χ2v) is 4.84. The molecule has 19 heavy (non-hydrogen) atoms. The van der Waals surface area contributed by atoms with Gasteiger partial charge in [0.15, 0.2) is 0 Å². The van der Waals surface area contributed by atoms with Crippen molar-refractivity contribution in [2.75, 3.05) is 25.1 Å². The maximum atomic E-state index is 13.2. The lowest BCUT2D eigenvalue weighted by Gasteiger charge is -2.09. The van der Waals surface area contributed by atoms with Crippen LogP contribution in [-0.2, 0) is 4.74 Å². The molecule has 0 unspecified atom stereocenters. The Morgan fingerprint density at radius 2 is 2.21 bits per heavy atom. The first-order valence-corrected chi connectivity index (χ1v) is 6.24. The summed E-state index contributed by atoms with van der Waals surface area (Å²) in [4.78, 5) is 10.1. The average Bonchev–Trinajstić information content (AvgIpc) is 2.32. The van der Waals surface area contributed by atoms with Crippen LogP contribution >= 0.6 is 11.6 Å². The van der Waals surface area contributed by atoms with Crippen molar-refractivity contribution in [3.63, 3.8) is 0 Å². The van der Waals surface area contributed by atoms with Gasteiger partial charge in [-0.2, -0.15) is 0 Å². The van der Waals surface area contributed by atoms with E-state index in [-0.39, 0.29) is 16.4 Å². The van der Waals surface area contributed by atoms with Crippen LogP contribution in [0.3, 0.4) is 0 Å². The summed E-state index contributed by atoms with van der Waals surface area (Å²) in [5, 5.41) is 13.5. The lowest BCUT2D eigenvalue weighted by molar-refractivity contribution is -0.384. The Balaban J connectivity index is 2.62. The number of halogens is 2. The van der Waals surface area contributed by atoms with E-state index in [9.17, 15) is 14.5 Å². The van der Waals surface area contributed by atoms with Gasteiger partial charge in [-0.1, -0.05) is 25.4 Å². The third-order valence-electron chi connectivity index (χ3n) is 2.25. The van der Waals surface area contributed by atoms with Crippen molar-refractivity contribution in [2.24, 2.45) is 5.92 Å². The van der Waals surface area contributed by atoms with E-state index in [1.807, 2.05) is 13.8 Å². The number of nitro benzene ring substituents is 1. The van der Waals surface area contributed by atoms with Crippen molar-refractivity contribution in [1.82, 2.24) is 0 Å². The highest BCUT2D eigenvalue weighted by Gasteiger charge is 2.17. The van der Waals surface area contributed by atoms with Crippen LogP contribution in [0.5, 0.6) is 0 Å². The summed E-state index contributed by atoms with van der Waals surface area (Å²) in [5.74, 6) is -0.385. The minimum Gasteiger partial charge on any atom is -0.379 e. The van der Waals surface area contributed by atoms with Crippen molar-refractivity contribution in [2.45, 2.75) is 13.8 Å². The highest BCUT2D eigenvalue weighted by Crippen LogP contribution is 2.30. The molecule has 106 valence electrons. The molecule has 0 aliphatic heterocycles. The SMILES string of the molecule is CC(C)COCCNc1cc(Cl)c(F)cc1[N+](=O)[O-]. The van der Waals surface area contributed by atoms with Crippen LogP contribution in [0.4, 0.5) is 15.8 Å². The molecule has 5 nitrogen and oxygen atoms in total. The van der Waals surface area contributed by atoms with Gasteiger partial charge in [-0.05, 0) is 12.0 Å². The number of anilines is 1. The van der Waals surface area contributed by atoms with E-state index in [4.69, 9.17) is 16.3 Å². The van der Waals surface area contributed by atoms with Gasteiger partial charge in [-0.15, -0.1) is 0 Å². The molecule has 1 rings (SSSR count). The minimum absolute atomic E-state index is 0.156. The number of nitro groups is 1. The van der Waals surface area contributed by atoms with Gasteiger partial charge < -0.3 is 10.1 Å². The Kier molecular flexibility index (Phi) is 5.98. The molecule has 0 fully saturated rings. The van der Waals surface area contributed by atoms with Crippen LogP contribution < -0.4 is 5.32 Å². The van der Waals surface area contributed by atoms with Crippen LogP contribution in [0.2, 0.25) is 5.02 Å². The van der Waals surface area contributed by atoms with E-state index in [1.165, 1.54) is 6.07 Å². The van der Waals surface area contributed by atoms with Crippen molar-refractivity contribution >= 4 is 23.0 Å². The first-order chi connectivity index (χ1) is 8.91. The molecular formula is C12H16ClFN2O3. The van der Waals surface area contributed by atoms with E-state index >= 15 is 0 Å². The second-order valence-electron chi connectivity index (χ2n) is 4.44. The van der Waals surface area contributed by atoms with Crippen LogP contribution in [0.15, 0.2) is 12.1 Å². The van der Waals surface area contributed by atoms with E-state index in [0.29, 0.717) is 25.7 Å². The van der Waals surface area contributed by atoms with Gasteiger partial charge >= 0.3 is 0 Å². The van der Waals surface area contributed by atoms with E-state index in [1.54, 1.807) is 0 Å². The molecule has 0 aliphatic rings. The highest BCUT2D eigenvalue weighted by molar-refractivity contribution is 6.31. The molecule has 1 aromatic carbocycles. The van der Waals surface area contributed by atoms with Crippen molar-refractivity contribution < 1.29 is 14.1 Å². The molecule has 0 aromatic heterocycles. The monoisotopic (exact) mass is 290 g/mol. The van der Waals surface area contributed by atoms with Gasteiger partial charge in [-0.3, -0.25) is 10.1 Å². The predicted octanol–water partition coefficient (Wildman–Crippen LogP) is 3.47. The maximum absolute atomic E-state index is 13.2. The molecular weight excluding hydrogens is 275 g/mol. The molecule has 1 aromatic rings. The van der Waals surface area contributed by atoms with Gasteiger partial charge in [0.2, 0.25) is 0 Å².